The number of hydrogen-bond acceptors (Lipinski definition) is 4. The first kappa shape index (κ1) is 17.9. The molecule has 3 aromatic rings. The molecule has 0 saturated carbocycles. The highest BCUT2D eigenvalue weighted by atomic mass is 32.2. The van der Waals surface area contributed by atoms with Crippen molar-refractivity contribution >= 4 is 9.73 Å². The smallest absolute Gasteiger partial charge is 0.123 e. The van der Waals surface area contributed by atoms with Gasteiger partial charge in [-0.25, -0.2) is 18.1 Å². The van der Waals surface area contributed by atoms with E-state index in [-0.39, 0.29) is 11.9 Å². The summed E-state index contributed by atoms with van der Waals surface area (Å²) >= 11 is 0. The Bertz CT molecular complexity index is 1090. The normalized spacial score (nSPS) is 18.7. The van der Waals surface area contributed by atoms with Crippen molar-refractivity contribution in [3.8, 4) is 16.9 Å². The third-order valence-electron chi connectivity index (χ3n) is 4.73. The van der Waals surface area contributed by atoms with Crippen LogP contribution in [0.3, 0.4) is 0 Å². The van der Waals surface area contributed by atoms with Crippen LogP contribution in [0.1, 0.15) is 18.2 Å². The molecule has 140 valence electrons. The average Bonchev–Trinajstić information content (AvgIpc) is 3.00. The Kier molecular flexibility index (Phi) is 4.36. The highest BCUT2D eigenvalue weighted by Crippen LogP contribution is 2.33. The molecule has 4 rings (SSSR count). The average molecular weight is 385 g/mol. The lowest BCUT2D eigenvalue weighted by Crippen LogP contribution is -2.20. The molecule has 1 aromatic heterocycles. The Morgan fingerprint density at radius 2 is 1.85 bits per heavy atom. The van der Waals surface area contributed by atoms with Crippen molar-refractivity contribution < 1.29 is 13.3 Å². The second kappa shape index (κ2) is 6.58. The number of rotatable bonds is 3. The summed E-state index contributed by atoms with van der Waals surface area (Å²) in [5.74, 6) is -0.286. The van der Waals surface area contributed by atoms with Crippen molar-refractivity contribution in [1.82, 2.24) is 9.78 Å². The molecule has 0 spiro atoms. The number of benzene rings is 2. The molecule has 1 unspecified atom stereocenters. The maximum atomic E-state index is 13.3. The summed E-state index contributed by atoms with van der Waals surface area (Å²) in [7, 11) is -2.75. The Morgan fingerprint density at radius 3 is 2.48 bits per heavy atom. The minimum absolute atomic E-state index is 0.0803. The van der Waals surface area contributed by atoms with E-state index >= 15 is 0 Å². The quantitative estimate of drug-likeness (QED) is 0.736. The molecule has 0 saturated heterocycles. The van der Waals surface area contributed by atoms with Gasteiger partial charge in [0, 0.05) is 28.7 Å². The van der Waals surface area contributed by atoms with Crippen LogP contribution in [0.15, 0.2) is 53.4 Å². The van der Waals surface area contributed by atoms with Gasteiger partial charge in [-0.3, -0.25) is 0 Å². The van der Waals surface area contributed by atoms with Crippen molar-refractivity contribution in [2.75, 3.05) is 6.26 Å². The van der Waals surface area contributed by atoms with Crippen LogP contribution in [0.2, 0.25) is 0 Å². The second-order valence-corrected chi connectivity index (χ2v) is 9.01. The van der Waals surface area contributed by atoms with Crippen LogP contribution in [0.4, 0.5) is 4.39 Å². The van der Waals surface area contributed by atoms with E-state index in [0.29, 0.717) is 17.9 Å². The number of aromatic nitrogens is 2. The standard InChI is InChI=1S/C20H20FN3O2S/c1-13-11-19-18(12-26-13)20(14-3-9-17(10-4-14)27(2,22)25)23-24(19)16-7-5-15(21)6-8-16/h3-10,13,22H,11-12H2,1-2H3/t13-,27?/m0/s1. The summed E-state index contributed by atoms with van der Waals surface area (Å²) in [5, 5.41) is 4.78. The molecule has 7 heteroatoms. The molecule has 1 N–H and O–H groups in total. The van der Waals surface area contributed by atoms with E-state index in [9.17, 15) is 8.60 Å². The number of nitrogens with zero attached hydrogens (tertiary/aromatic N) is 2. The van der Waals surface area contributed by atoms with Gasteiger partial charge >= 0.3 is 0 Å². The molecule has 2 aromatic carbocycles. The molecule has 2 heterocycles. The lowest BCUT2D eigenvalue weighted by molar-refractivity contribution is 0.0401. The first-order valence-electron chi connectivity index (χ1n) is 8.65. The van der Waals surface area contributed by atoms with Crippen LogP contribution >= 0.6 is 0 Å². The third-order valence-corrected chi connectivity index (χ3v) is 5.90. The zero-order chi connectivity index (χ0) is 19.2. The van der Waals surface area contributed by atoms with Gasteiger partial charge in [-0.2, -0.15) is 5.10 Å². The van der Waals surface area contributed by atoms with Crippen molar-refractivity contribution in [2.45, 2.75) is 31.0 Å². The molecule has 0 amide bonds. The fourth-order valence-corrected chi connectivity index (χ4v) is 3.96. The van der Waals surface area contributed by atoms with Crippen molar-refractivity contribution in [1.29, 1.82) is 4.78 Å². The zero-order valence-electron chi connectivity index (χ0n) is 15.1. The van der Waals surface area contributed by atoms with E-state index in [0.717, 1.165) is 28.2 Å². The summed E-state index contributed by atoms with van der Waals surface area (Å²) in [6.07, 6.45) is 2.20. The van der Waals surface area contributed by atoms with Crippen LogP contribution in [0.25, 0.3) is 16.9 Å². The molecule has 1 aliphatic heterocycles. The van der Waals surface area contributed by atoms with E-state index < -0.39 is 9.73 Å². The second-order valence-electron chi connectivity index (χ2n) is 6.86. The van der Waals surface area contributed by atoms with Crippen molar-refractivity contribution in [3.63, 3.8) is 0 Å². The zero-order valence-corrected chi connectivity index (χ0v) is 15.9. The van der Waals surface area contributed by atoms with Crippen LogP contribution < -0.4 is 0 Å². The van der Waals surface area contributed by atoms with Crippen LogP contribution in [-0.4, -0.2) is 26.3 Å². The van der Waals surface area contributed by atoms with Gasteiger partial charge in [0.25, 0.3) is 0 Å². The van der Waals surface area contributed by atoms with Crippen LogP contribution in [0.5, 0.6) is 0 Å². The third kappa shape index (κ3) is 3.40. The fourth-order valence-electron chi connectivity index (χ4n) is 3.30. The molecule has 1 aliphatic rings. The van der Waals surface area contributed by atoms with Gasteiger partial charge in [-0.15, -0.1) is 0 Å². The lowest BCUT2D eigenvalue weighted by Gasteiger charge is -2.21. The van der Waals surface area contributed by atoms with Crippen LogP contribution in [0, 0.1) is 10.6 Å². The Balaban J connectivity index is 1.84. The van der Waals surface area contributed by atoms with Crippen molar-refractivity contribution in [2.24, 2.45) is 0 Å². The fraction of sp³-hybridized carbons (Fsp3) is 0.250. The number of ether oxygens (including phenoxy) is 1. The Hall–Kier alpha value is -2.51. The van der Waals surface area contributed by atoms with E-state index in [1.807, 2.05) is 23.7 Å². The van der Waals surface area contributed by atoms with E-state index in [1.54, 1.807) is 24.3 Å². The number of halogens is 1. The lowest BCUT2D eigenvalue weighted by atomic mass is 10.0. The van der Waals surface area contributed by atoms with Gasteiger partial charge in [-0.1, -0.05) is 12.1 Å². The maximum Gasteiger partial charge on any atom is 0.123 e. The van der Waals surface area contributed by atoms with Gasteiger partial charge in [0.1, 0.15) is 5.82 Å². The van der Waals surface area contributed by atoms with Crippen LogP contribution in [-0.2, 0) is 27.5 Å². The first-order valence-corrected chi connectivity index (χ1v) is 10.6. The topological polar surface area (TPSA) is 68.0 Å². The van der Waals surface area contributed by atoms with Crippen molar-refractivity contribution in [3.05, 3.63) is 65.6 Å². The van der Waals surface area contributed by atoms with Gasteiger partial charge in [0.05, 0.1) is 39.5 Å². The van der Waals surface area contributed by atoms with Gasteiger partial charge in [-0.05, 0) is 43.3 Å². The number of hydrogen-bond donors (Lipinski definition) is 1. The minimum atomic E-state index is -2.75. The molecule has 0 bridgehead atoms. The summed E-state index contributed by atoms with van der Waals surface area (Å²) < 4.78 is 40.6. The summed E-state index contributed by atoms with van der Waals surface area (Å²) in [5.41, 5.74) is 4.53. The molecule has 2 atom stereocenters. The first-order chi connectivity index (χ1) is 12.8. The Labute approximate surface area is 157 Å². The summed E-state index contributed by atoms with van der Waals surface area (Å²) in [6.45, 7) is 2.48. The number of nitrogens with one attached hydrogen (secondary N) is 1. The van der Waals surface area contributed by atoms with Gasteiger partial charge < -0.3 is 4.74 Å². The molecule has 0 radical (unpaired) electrons. The number of fused-ring (bicyclic) bond motifs is 1. The maximum absolute atomic E-state index is 13.3. The van der Waals surface area contributed by atoms with E-state index in [2.05, 4.69) is 0 Å². The molecule has 5 nitrogen and oxygen atoms in total. The van der Waals surface area contributed by atoms with Gasteiger partial charge in [0.2, 0.25) is 0 Å². The predicted molar refractivity (Wildman–Crippen MR) is 102 cm³/mol. The highest BCUT2D eigenvalue weighted by molar-refractivity contribution is 7.91. The van der Waals surface area contributed by atoms with E-state index in [1.165, 1.54) is 18.4 Å². The minimum Gasteiger partial charge on any atom is -0.373 e. The van der Waals surface area contributed by atoms with E-state index in [4.69, 9.17) is 14.6 Å². The molecule has 0 aliphatic carbocycles. The van der Waals surface area contributed by atoms with Gasteiger partial charge in [0.15, 0.2) is 0 Å². The molecular formula is C20H20FN3O2S. The summed E-state index contributed by atoms with van der Waals surface area (Å²) in [4.78, 5) is 0.489. The SMILES string of the molecule is C[C@H]1Cc2c(c(-c3ccc(S(C)(=N)=O)cc3)nn2-c2ccc(F)cc2)CO1. The monoisotopic (exact) mass is 385 g/mol. The summed E-state index contributed by atoms with van der Waals surface area (Å²) in [6, 6.07) is 13.4. The molecular weight excluding hydrogens is 365 g/mol. The molecule has 27 heavy (non-hydrogen) atoms. The predicted octanol–water partition coefficient (Wildman–Crippen LogP) is 4.18. The highest BCUT2D eigenvalue weighted by Gasteiger charge is 2.26. The molecule has 0 fully saturated rings. The Morgan fingerprint density at radius 1 is 1.19 bits per heavy atom. The largest absolute Gasteiger partial charge is 0.373 e.